The summed E-state index contributed by atoms with van der Waals surface area (Å²) in [6.07, 6.45) is 0.911. The average molecular weight is 235 g/mol. The van der Waals surface area contributed by atoms with E-state index < -0.39 is 0 Å². The molecule has 1 aromatic carbocycles. The molecule has 0 bridgehead atoms. The highest BCUT2D eigenvalue weighted by atomic mass is 16.5. The van der Waals surface area contributed by atoms with Crippen LogP contribution in [0.5, 0.6) is 0 Å². The normalized spacial score (nSPS) is 14.1. The number of nitrogens with one attached hydrogen (secondary N) is 1. The van der Waals surface area contributed by atoms with Crippen molar-refractivity contribution in [3.8, 4) is 0 Å². The number of hydrogen-bond donors (Lipinski definition) is 1. The Hall–Kier alpha value is -1.35. The summed E-state index contributed by atoms with van der Waals surface area (Å²) in [6, 6.07) is 8.28. The fraction of sp³-hybridized carbons (Fsp3) is 0.500. The first kappa shape index (κ1) is 13.7. The van der Waals surface area contributed by atoms with Gasteiger partial charge in [-0.15, -0.1) is 0 Å². The fourth-order valence-electron chi connectivity index (χ4n) is 1.90. The highest BCUT2D eigenvalue weighted by Crippen LogP contribution is 2.09. The topological polar surface area (TPSA) is 38.3 Å². The largest absolute Gasteiger partial charge is 0.468 e. The highest BCUT2D eigenvalue weighted by molar-refractivity contribution is 5.75. The molecule has 2 unspecified atom stereocenters. The molecule has 0 aliphatic carbocycles. The van der Waals surface area contributed by atoms with E-state index in [0.29, 0.717) is 0 Å². The van der Waals surface area contributed by atoms with Crippen molar-refractivity contribution in [2.75, 3.05) is 7.11 Å². The molecule has 0 aliphatic heterocycles. The lowest BCUT2D eigenvalue weighted by Gasteiger charge is -2.19. The van der Waals surface area contributed by atoms with E-state index in [2.05, 4.69) is 36.0 Å². The van der Waals surface area contributed by atoms with E-state index in [1.54, 1.807) is 0 Å². The van der Waals surface area contributed by atoms with Gasteiger partial charge in [-0.1, -0.05) is 24.3 Å². The molecule has 94 valence electrons. The molecule has 0 aliphatic rings. The minimum atomic E-state index is -0.265. The van der Waals surface area contributed by atoms with Gasteiger partial charge in [-0.3, -0.25) is 4.79 Å². The van der Waals surface area contributed by atoms with Gasteiger partial charge in [0.15, 0.2) is 0 Å². The Balaban J connectivity index is 2.53. The molecule has 3 heteroatoms. The highest BCUT2D eigenvalue weighted by Gasteiger charge is 2.15. The molecule has 0 heterocycles. The summed E-state index contributed by atoms with van der Waals surface area (Å²) in [5.74, 6) is -0.221. The van der Waals surface area contributed by atoms with Gasteiger partial charge in [-0.05, 0) is 38.3 Å². The van der Waals surface area contributed by atoms with Crippen molar-refractivity contribution in [1.29, 1.82) is 0 Å². The molecular formula is C14H21NO2. The minimum Gasteiger partial charge on any atom is -0.468 e. The minimum absolute atomic E-state index is 0.221. The van der Waals surface area contributed by atoms with Crippen molar-refractivity contribution >= 4 is 5.97 Å². The van der Waals surface area contributed by atoms with Crippen LogP contribution in [-0.4, -0.2) is 25.2 Å². The van der Waals surface area contributed by atoms with Crippen LogP contribution in [-0.2, 0) is 16.0 Å². The Labute approximate surface area is 103 Å². The van der Waals surface area contributed by atoms with E-state index in [9.17, 15) is 4.79 Å². The number of esters is 1. The first-order chi connectivity index (χ1) is 8.04. The summed E-state index contributed by atoms with van der Waals surface area (Å²) in [5, 5.41) is 3.23. The SMILES string of the molecule is COC(=O)C(C)NC(C)Cc1ccccc1C. The zero-order valence-electron chi connectivity index (χ0n) is 11.0. The second-order valence-corrected chi connectivity index (χ2v) is 4.44. The third-order valence-electron chi connectivity index (χ3n) is 2.88. The maximum Gasteiger partial charge on any atom is 0.322 e. The zero-order chi connectivity index (χ0) is 12.8. The smallest absolute Gasteiger partial charge is 0.322 e. The van der Waals surface area contributed by atoms with Gasteiger partial charge in [0.1, 0.15) is 6.04 Å². The van der Waals surface area contributed by atoms with Crippen LogP contribution in [0, 0.1) is 6.92 Å². The molecular weight excluding hydrogens is 214 g/mol. The van der Waals surface area contributed by atoms with Crippen molar-refractivity contribution in [3.05, 3.63) is 35.4 Å². The van der Waals surface area contributed by atoms with Crippen molar-refractivity contribution in [1.82, 2.24) is 5.32 Å². The molecule has 17 heavy (non-hydrogen) atoms. The van der Waals surface area contributed by atoms with Gasteiger partial charge in [0.2, 0.25) is 0 Å². The second-order valence-electron chi connectivity index (χ2n) is 4.44. The molecule has 0 amide bonds. The van der Waals surface area contributed by atoms with E-state index in [4.69, 9.17) is 0 Å². The van der Waals surface area contributed by atoms with Crippen molar-refractivity contribution in [3.63, 3.8) is 0 Å². The summed E-state index contributed by atoms with van der Waals surface area (Å²) in [5.41, 5.74) is 2.59. The van der Waals surface area contributed by atoms with E-state index in [0.717, 1.165) is 6.42 Å². The van der Waals surface area contributed by atoms with Gasteiger partial charge in [0.05, 0.1) is 7.11 Å². The summed E-state index contributed by atoms with van der Waals surface area (Å²) >= 11 is 0. The van der Waals surface area contributed by atoms with Gasteiger partial charge in [-0.2, -0.15) is 0 Å². The lowest BCUT2D eigenvalue weighted by molar-refractivity contribution is -0.142. The number of rotatable bonds is 5. The molecule has 1 N–H and O–H groups in total. The monoisotopic (exact) mass is 235 g/mol. The predicted octanol–water partition coefficient (Wildman–Crippen LogP) is 2.08. The standard InChI is InChI=1S/C14H21NO2/c1-10-7-5-6-8-13(10)9-11(2)15-12(3)14(16)17-4/h5-8,11-12,15H,9H2,1-4H3. The molecule has 2 atom stereocenters. The van der Waals surface area contributed by atoms with Gasteiger partial charge < -0.3 is 10.1 Å². The van der Waals surface area contributed by atoms with Gasteiger partial charge in [0, 0.05) is 6.04 Å². The maximum atomic E-state index is 11.3. The Bertz CT molecular complexity index is 376. The molecule has 1 aromatic rings. The number of aryl methyl sites for hydroxylation is 1. The third-order valence-corrected chi connectivity index (χ3v) is 2.88. The van der Waals surface area contributed by atoms with Crippen molar-refractivity contribution < 1.29 is 9.53 Å². The van der Waals surface area contributed by atoms with Crippen LogP contribution in [0.25, 0.3) is 0 Å². The fourth-order valence-corrected chi connectivity index (χ4v) is 1.90. The van der Waals surface area contributed by atoms with E-state index in [1.165, 1.54) is 18.2 Å². The second kappa shape index (κ2) is 6.40. The number of carbonyl (C=O) groups excluding carboxylic acids is 1. The lowest BCUT2D eigenvalue weighted by atomic mass is 10.0. The molecule has 0 aromatic heterocycles. The first-order valence-corrected chi connectivity index (χ1v) is 5.93. The number of hydrogen-bond acceptors (Lipinski definition) is 3. The van der Waals surface area contributed by atoms with Crippen LogP contribution in [0.2, 0.25) is 0 Å². The Kier molecular flexibility index (Phi) is 5.16. The molecule has 3 nitrogen and oxygen atoms in total. The van der Waals surface area contributed by atoms with Crippen LogP contribution in [0.1, 0.15) is 25.0 Å². The summed E-state index contributed by atoms with van der Waals surface area (Å²) in [4.78, 5) is 11.3. The summed E-state index contributed by atoms with van der Waals surface area (Å²) < 4.78 is 4.69. The van der Waals surface area contributed by atoms with Gasteiger partial charge in [-0.25, -0.2) is 0 Å². The van der Waals surface area contributed by atoms with Gasteiger partial charge >= 0.3 is 5.97 Å². The molecule has 0 fully saturated rings. The van der Waals surface area contributed by atoms with E-state index in [1.807, 2.05) is 19.1 Å². The summed E-state index contributed by atoms with van der Waals surface area (Å²) in [7, 11) is 1.41. The Morgan fingerprint density at radius 3 is 2.59 bits per heavy atom. The zero-order valence-corrected chi connectivity index (χ0v) is 11.0. The number of methoxy groups -OCH3 is 1. The van der Waals surface area contributed by atoms with Gasteiger partial charge in [0.25, 0.3) is 0 Å². The quantitative estimate of drug-likeness (QED) is 0.794. The third kappa shape index (κ3) is 4.19. The molecule has 1 rings (SSSR count). The number of benzene rings is 1. The molecule has 0 spiro atoms. The number of ether oxygens (including phenoxy) is 1. The van der Waals surface area contributed by atoms with Crippen molar-refractivity contribution in [2.24, 2.45) is 0 Å². The van der Waals surface area contributed by atoms with Crippen LogP contribution >= 0.6 is 0 Å². The van der Waals surface area contributed by atoms with E-state index >= 15 is 0 Å². The van der Waals surface area contributed by atoms with Crippen LogP contribution < -0.4 is 5.32 Å². The Morgan fingerprint density at radius 2 is 2.00 bits per heavy atom. The maximum absolute atomic E-state index is 11.3. The van der Waals surface area contributed by atoms with Crippen LogP contribution in [0.4, 0.5) is 0 Å². The number of carbonyl (C=O) groups is 1. The summed E-state index contributed by atoms with van der Waals surface area (Å²) in [6.45, 7) is 6.00. The Morgan fingerprint density at radius 1 is 1.35 bits per heavy atom. The predicted molar refractivity (Wildman–Crippen MR) is 69.0 cm³/mol. The van der Waals surface area contributed by atoms with Crippen LogP contribution in [0.15, 0.2) is 24.3 Å². The molecule has 0 saturated carbocycles. The molecule has 0 radical (unpaired) electrons. The molecule has 0 saturated heterocycles. The van der Waals surface area contributed by atoms with Crippen LogP contribution in [0.3, 0.4) is 0 Å². The van der Waals surface area contributed by atoms with E-state index in [-0.39, 0.29) is 18.1 Å². The van der Waals surface area contributed by atoms with Crippen molar-refractivity contribution in [2.45, 2.75) is 39.3 Å². The first-order valence-electron chi connectivity index (χ1n) is 5.93. The lowest BCUT2D eigenvalue weighted by Crippen LogP contribution is -2.41. The average Bonchev–Trinajstić information content (AvgIpc) is 2.31.